The Morgan fingerprint density at radius 2 is 1.98 bits per heavy atom. The number of aromatic nitrogens is 3. The van der Waals surface area contributed by atoms with Crippen molar-refractivity contribution < 1.29 is 27.8 Å². The van der Waals surface area contributed by atoms with E-state index in [1.165, 1.54) is 24.4 Å². The number of hydrogen-bond donors (Lipinski definition) is 1. The van der Waals surface area contributed by atoms with Crippen LogP contribution < -0.4 is 9.64 Å². The highest BCUT2D eigenvalue weighted by molar-refractivity contribution is 6.01. The Kier molecular flexibility index (Phi) is 7.48. The molecule has 0 unspecified atom stereocenters. The van der Waals surface area contributed by atoms with Gasteiger partial charge in [-0.15, -0.1) is 0 Å². The number of phenolic OH excluding ortho intramolecular Hbond substituents is 1. The number of pyridine rings is 1. The van der Waals surface area contributed by atoms with Gasteiger partial charge in [-0.3, -0.25) is 9.88 Å². The van der Waals surface area contributed by atoms with E-state index in [9.17, 15) is 13.9 Å². The van der Waals surface area contributed by atoms with E-state index in [0.717, 1.165) is 32.2 Å². The van der Waals surface area contributed by atoms with E-state index in [4.69, 9.17) is 14.5 Å². The second-order valence-electron chi connectivity index (χ2n) is 12.3. The molecule has 5 heterocycles. The molecule has 0 aliphatic carbocycles. The number of hydrogen-bond acceptors (Lipinski definition) is 8. The lowest BCUT2D eigenvalue weighted by Gasteiger charge is -2.34. The van der Waals surface area contributed by atoms with Crippen LogP contribution >= 0.6 is 0 Å². The minimum Gasteiger partial charge on any atom is -0.508 e. The molecule has 0 amide bonds. The maximum Gasteiger partial charge on any atom is 0.319 e. The Labute approximate surface area is 253 Å². The lowest BCUT2D eigenvalue weighted by Crippen LogP contribution is -2.43. The van der Waals surface area contributed by atoms with Crippen LogP contribution in [-0.2, 0) is 11.2 Å². The molecule has 4 aromatic rings. The van der Waals surface area contributed by atoms with E-state index >= 15 is 4.39 Å². The quantitative estimate of drug-likeness (QED) is 0.276. The lowest BCUT2D eigenvalue weighted by molar-refractivity contribution is 0.0890. The fraction of sp³-hybridized carbons (Fsp3) is 0.485. The molecule has 0 radical (unpaired) electrons. The molecule has 2 aromatic carbocycles. The van der Waals surface area contributed by atoms with Crippen LogP contribution in [0.5, 0.6) is 11.8 Å². The molecule has 0 bridgehead atoms. The number of fused-ring (bicyclic) bond motifs is 3. The fourth-order valence-corrected chi connectivity index (χ4v) is 7.52. The topological polar surface area (TPSA) is 83.8 Å². The number of benzene rings is 2. The molecule has 3 saturated heterocycles. The second-order valence-corrected chi connectivity index (χ2v) is 12.3. The van der Waals surface area contributed by atoms with Gasteiger partial charge in [-0.1, -0.05) is 13.0 Å². The summed E-state index contributed by atoms with van der Waals surface area (Å²) in [5.74, 6) is -0.730. The van der Waals surface area contributed by atoms with Gasteiger partial charge < -0.3 is 19.5 Å². The zero-order valence-electron chi connectivity index (χ0n) is 25.0. The minimum atomic E-state index is -0.910. The zero-order chi connectivity index (χ0) is 30.6. The number of halogens is 3. The lowest BCUT2D eigenvalue weighted by atomic mass is 9.94. The molecule has 1 N–H and O–H groups in total. The molecule has 0 spiro atoms. The van der Waals surface area contributed by atoms with Gasteiger partial charge in [0.15, 0.2) is 5.82 Å². The number of phenols is 1. The number of rotatable bonds is 7. The minimum absolute atomic E-state index is 0.00711. The van der Waals surface area contributed by atoms with Crippen LogP contribution in [0.4, 0.5) is 19.0 Å². The van der Waals surface area contributed by atoms with Gasteiger partial charge in [-0.05, 0) is 73.2 Å². The van der Waals surface area contributed by atoms with Crippen LogP contribution in [0.1, 0.15) is 44.6 Å². The monoisotopic (exact) mass is 607 g/mol. The predicted molar refractivity (Wildman–Crippen MR) is 162 cm³/mol. The third kappa shape index (κ3) is 4.90. The van der Waals surface area contributed by atoms with Crippen LogP contribution in [0.15, 0.2) is 30.5 Å². The van der Waals surface area contributed by atoms with Crippen molar-refractivity contribution in [1.82, 2.24) is 19.9 Å². The third-order valence-electron chi connectivity index (χ3n) is 9.65. The van der Waals surface area contributed by atoms with E-state index in [1.54, 1.807) is 13.2 Å². The normalized spacial score (nSPS) is 24.0. The van der Waals surface area contributed by atoms with Crippen molar-refractivity contribution in [3.63, 3.8) is 0 Å². The first-order valence-electron chi connectivity index (χ1n) is 15.4. The number of nitrogens with zero attached hydrogens (tertiary/aromatic N) is 5. The Bertz CT molecular complexity index is 1740. The van der Waals surface area contributed by atoms with E-state index < -0.39 is 23.3 Å². The van der Waals surface area contributed by atoms with Crippen molar-refractivity contribution >= 4 is 27.5 Å². The summed E-state index contributed by atoms with van der Waals surface area (Å²) < 4.78 is 57.9. The van der Waals surface area contributed by atoms with Crippen LogP contribution in [-0.4, -0.2) is 82.7 Å². The average molecular weight is 608 g/mol. The third-order valence-corrected chi connectivity index (χ3v) is 9.65. The summed E-state index contributed by atoms with van der Waals surface area (Å²) in [4.78, 5) is 18.0. The van der Waals surface area contributed by atoms with E-state index in [0.29, 0.717) is 60.0 Å². The summed E-state index contributed by atoms with van der Waals surface area (Å²) in [6, 6.07) is 5.86. The van der Waals surface area contributed by atoms with E-state index in [1.807, 2.05) is 11.8 Å². The molecule has 8 nitrogen and oxygen atoms in total. The second kappa shape index (κ2) is 11.3. The number of methoxy groups -OCH3 is 1. The van der Waals surface area contributed by atoms with Crippen molar-refractivity contribution in [1.29, 1.82) is 0 Å². The van der Waals surface area contributed by atoms with Crippen molar-refractivity contribution in [2.45, 2.75) is 63.3 Å². The van der Waals surface area contributed by atoms with Crippen molar-refractivity contribution in [3.05, 3.63) is 47.7 Å². The first-order chi connectivity index (χ1) is 21.3. The number of ether oxygens (including phenoxy) is 2. The molecule has 3 fully saturated rings. The Morgan fingerprint density at radius 3 is 2.80 bits per heavy atom. The first-order valence-corrected chi connectivity index (χ1v) is 15.4. The molecule has 232 valence electrons. The Balaban J connectivity index is 1.37. The highest BCUT2D eigenvalue weighted by Gasteiger charge is 2.49. The van der Waals surface area contributed by atoms with Gasteiger partial charge >= 0.3 is 6.01 Å². The fourth-order valence-electron chi connectivity index (χ4n) is 7.52. The molecule has 11 heteroatoms. The highest BCUT2D eigenvalue weighted by Crippen LogP contribution is 2.42. The van der Waals surface area contributed by atoms with Crippen molar-refractivity contribution in [3.8, 4) is 23.0 Å². The van der Waals surface area contributed by atoms with Gasteiger partial charge in [0.1, 0.15) is 41.4 Å². The summed E-state index contributed by atoms with van der Waals surface area (Å²) in [5.41, 5.74) is 0.215. The summed E-state index contributed by atoms with van der Waals surface area (Å²) in [6.07, 6.45) is 4.92. The molecular formula is C33H36F3N5O3. The van der Waals surface area contributed by atoms with Crippen LogP contribution in [0.3, 0.4) is 0 Å². The van der Waals surface area contributed by atoms with E-state index in [-0.39, 0.29) is 41.2 Å². The molecule has 3 aliphatic rings. The average Bonchev–Trinajstić information content (AvgIpc) is 3.55. The number of anilines is 1. The predicted octanol–water partition coefficient (Wildman–Crippen LogP) is 5.96. The van der Waals surface area contributed by atoms with Crippen molar-refractivity contribution in [2.75, 3.05) is 44.8 Å². The largest absolute Gasteiger partial charge is 0.508 e. The summed E-state index contributed by atoms with van der Waals surface area (Å²) in [5, 5.41) is 12.0. The molecule has 7 rings (SSSR count). The molecular weight excluding hydrogens is 571 g/mol. The van der Waals surface area contributed by atoms with Gasteiger partial charge in [-0.25, -0.2) is 13.2 Å². The summed E-state index contributed by atoms with van der Waals surface area (Å²) in [7, 11) is 1.67. The van der Waals surface area contributed by atoms with Crippen LogP contribution in [0, 0.1) is 11.6 Å². The summed E-state index contributed by atoms with van der Waals surface area (Å²) >= 11 is 0. The highest BCUT2D eigenvalue weighted by atomic mass is 19.1. The van der Waals surface area contributed by atoms with Gasteiger partial charge in [0.25, 0.3) is 0 Å². The number of piperidine rings is 1. The number of aromatic hydroxyl groups is 1. The molecule has 3 aliphatic heterocycles. The van der Waals surface area contributed by atoms with Crippen LogP contribution in [0.25, 0.3) is 32.9 Å². The standard InChI is InChI=1S/C33H36F3N5O3/c1-3-23-26(35)8-7-19-12-21(42)13-24(27(19)23)29-28(36)30-25(15-37-29)31(40-10-4-6-22(17-40)43-2)39-32(38-30)44-18-33-9-5-11-41(33)16-20(34)14-33/h7-8,12-13,15,20,22,42H,3-6,9-11,14,16-18H2,1-2H3/t20-,22+,33+/m1/s1. The van der Waals surface area contributed by atoms with Crippen LogP contribution in [0.2, 0.25) is 0 Å². The molecule has 0 saturated carbocycles. The Morgan fingerprint density at radius 1 is 1.11 bits per heavy atom. The van der Waals surface area contributed by atoms with Crippen molar-refractivity contribution in [2.24, 2.45) is 0 Å². The smallest absolute Gasteiger partial charge is 0.319 e. The maximum absolute atomic E-state index is 16.7. The number of alkyl halides is 1. The molecule has 3 atom stereocenters. The van der Waals surface area contributed by atoms with Gasteiger partial charge in [0.05, 0.1) is 17.0 Å². The molecule has 44 heavy (non-hydrogen) atoms. The zero-order valence-corrected chi connectivity index (χ0v) is 25.0. The van der Waals surface area contributed by atoms with Gasteiger partial charge in [-0.2, -0.15) is 9.97 Å². The summed E-state index contributed by atoms with van der Waals surface area (Å²) in [6.45, 7) is 4.49. The van der Waals surface area contributed by atoms with Gasteiger partial charge in [0, 0.05) is 44.9 Å². The molecule has 2 aromatic heterocycles. The maximum atomic E-state index is 16.7. The SMILES string of the molecule is CCc1c(F)ccc2cc(O)cc(-c3ncc4c(N5CCC[C@H](OC)C5)nc(OC[C@@]56CCCN5C[C@H](F)C6)nc4c3F)c12. The first kappa shape index (κ1) is 29.0. The van der Waals surface area contributed by atoms with Gasteiger partial charge in [0.2, 0.25) is 0 Å². The number of aryl methyl sites for hydroxylation is 1. The van der Waals surface area contributed by atoms with E-state index in [2.05, 4.69) is 14.9 Å². The Hall–Kier alpha value is -3.70.